The van der Waals surface area contributed by atoms with E-state index in [1.165, 1.54) is 19.3 Å². The van der Waals surface area contributed by atoms with Crippen LogP contribution < -0.4 is 10.6 Å². The minimum Gasteiger partial charge on any atom is -0.349 e. The van der Waals surface area contributed by atoms with Crippen molar-refractivity contribution in [3.63, 3.8) is 0 Å². The molecule has 2 aliphatic rings. The second-order valence-electron chi connectivity index (χ2n) is 8.37. The molecule has 1 atom stereocenters. The van der Waals surface area contributed by atoms with Gasteiger partial charge < -0.3 is 15.5 Å². The van der Waals surface area contributed by atoms with Gasteiger partial charge in [-0.05, 0) is 57.4 Å². The van der Waals surface area contributed by atoms with Gasteiger partial charge in [0.15, 0.2) is 0 Å². The molecule has 0 radical (unpaired) electrons. The summed E-state index contributed by atoms with van der Waals surface area (Å²) in [6.07, 6.45) is 5.95. The molecule has 3 rings (SSSR count). The first-order chi connectivity index (χ1) is 13.3. The number of benzene rings is 1. The standard InChI is InChI=1S/C22H31N3O3/c1-14(2)25-13-17(12-20(25)26)22(28)24-19-10-9-16(11-15(19)3)21(27)23-18-7-5-4-6-8-18/h9-11,14,17-18H,4-8,12-13H2,1-3H3,(H,23,27)(H,24,28). The number of anilines is 1. The van der Waals surface area contributed by atoms with Gasteiger partial charge in [0.25, 0.3) is 5.91 Å². The Balaban J connectivity index is 1.60. The molecule has 0 aromatic heterocycles. The lowest BCUT2D eigenvalue weighted by atomic mass is 9.95. The Bertz CT molecular complexity index is 753. The molecule has 28 heavy (non-hydrogen) atoms. The summed E-state index contributed by atoms with van der Waals surface area (Å²) in [4.78, 5) is 38.9. The van der Waals surface area contributed by atoms with Crippen LogP contribution in [0.15, 0.2) is 18.2 Å². The zero-order valence-corrected chi connectivity index (χ0v) is 17.1. The van der Waals surface area contributed by atoms with Crippen LogP contribution >= 0.6 is 0 Å². The molecule has 2 N–H and O–H groups in total. The van der Waals surface area contributed by atoms with Gasteiger partial charge in [0.2, 0.25) is 11.8 Å². The zero-order valence-electron chi connectivity index (χ0n) is 17.1. The number of nitrogens with one attached hydrogen (secondary N) is 2. The Morgan fingerprint density at radius 1 is 1.14 bits per heavy atom. The first kappa shape index (κ1) is 20.4. The van der Waals surface area contributed by atoms with E-state index in [1.54, 1.807) is 17.0 Å². The third-order valence-corrected chi connectivity index (χ3v) is 5.84. The molecular weight excluding hydrogens is 354 g/mol. The molecular formula is C22H31N3O3. The summed E-state index contributed by atoms with van der Waals surface area (Å²) < 4.78 is 0. The first-order valence-electron chi connectivity index (χ1n) is 10.4. The second-order valence-corrected chi connectivity index (χ2v) is 8.37. The van der Waals surface area contributed by atoms with Crippen LogP contribution in [-0.2, 0) is 9.59 Å². The van der Waals surface area contributed by atoms with Crippen molar-refractivity contribution in [2.24, 2.45) is 5.92 Å². The summed E-state index contributed by atoms with van der Waals surface area (Å²) in [5, 5.41) is 6.05. The van der Waals surface area contributed by atoms with Crippen molar-refractivity contribution in [3.8, 4) is 0 Å². The molecule has 1 aliphatic heterocycles. The van der Waals surface area contributed by atoms with Gasteiger partial charge in [-0.15, -0.1) is 0 Å². The minimum atomic E-state index is -0.330. The summed E-state index contributed by atoms with van der Waals surface area (Å²) in [5.74, 6) is -0.494. The number of aryl methyl sites for hydroxylation is 1. The molecule has 1 heterocycles. The minimum absolute atomic E-state index is 0.0293. The molecule has 0 bridgehead atoms. The molecule has 1 aliphatic carbocycles. The van der Waals surface area contributed by atoms with E-state index in [0.29, 0.717) is 17.8 Å². The molecule has 1 aromatic carbocycles. The SMILES string of the molecule is Cc1cc(C(=O)NC2CCCCC2)ccc1NC(=O)C1CC(=O)N(C(C)C)C1. The predicted molar refractivity (Wildman–Crippen MR) is 109 cm³/mol. The fourth-order valence-corrected chi connectivity index (χ4v) is 4.10. The number of carbonyl (C=O) groups is 3. The maximum absolute atomic E-state index is 12.6. The van der Waals surface area contributed by atoms with Crippen LogP contribution in [0.1, 0.15) is 68.3 Å². The van der Waals surface area contributed by atoms with E-state index < -0.39 is 0 Å². The molecule has 3 amide bonds. The van der Waals surface area contributed by atoms with E-state index in [-0.39, 0.29) is 42.1 Å². The first-order valence-corrected chi connectivity index (χ1v) is 10.4. The van der Waals surface area contributed by atoms with E-state index in [0.717, 1.165) is 18.4 Å². The van der Waals surface area contributed by atoms with Crippen molar-refractivity contribution in [2.45, 2.75) is 71.4 Å². The van der Waals surface area contributed by atoms with Crippen LogP contribution in [0.5, 0.6) is 0 Å². The van der Waals surface area contributed by atoms with Gasteiger partial charge in [0.05, 0.1) is 5.92 Å². The highest BCUT2D eigenvalue weighted by molar-refractivity contribution is 5.99. The van der Waals surface area contributed by atoms with Gasteiger partial charge in [-0.3, -0.25) is 14.4 Å². The van der Waals surface area contributed by atoms with Crippen LogP contribution in [0.4, 0.5) is 5.69 Å². The van der Waals surface area contributed by atoms with Crippen LogP contribution in [-0.4, -0.2) is 41.2 Å². The number of hydrogen-bond donors (Lipinski definition) is 2. The van der Waals surface area contributed by atoms with Crippen LogP contribution in [0, 0.1) is 12.8 Å². The molecule has 152 valence electrons. The van der Waals surface area contributed by atoms with E-state index in [9.17, 15) is 14.4 Å². The Morgan fingerprint density at radius 2 is 1.86 bits per heavy atom. The van der Waals surface area contributed by atoms with Crippen LogP contribution in [0.25, 0.3) is 0 Å². The largest absolute Gasteiger partial charge is 0.349 e. The van der Waals surface area contributed by atoms with E-state index in [1.807, 2.05) is 26.8 Å². The van der Waals surface area contributed by atoms with Crippen molar-refractivity contribution in [1.29, 1.82) is 0 Å². The molecule has 6 heteroatoms. The zero-order chi connectivity index (χ0) is 20.3. The van der Waals surface area contributed by atoms with Crippen molar-refractivity contribution in [1.82, 2.24) is 10.2 Å². The van der Waals surface area contributed by atoms with Crippen molar-refractivity contribution in [2.75, 3.05) is 11.9 Å². The summed E-state index contributed by atoms with van der Waals surface area (Å²) >= 11 is 0. The van der Waals surface area contributed by atoms with Gasteiger partial charge in [-0.2, -0.15) is 0 Å². The third kappa shape index (κ3) is 4.72. The normalized spacial score (nSPS) is 20.5. The second kappa shape index (κ2) is 8.76. The molecule has 1 unspecified atom stereocenters. The number of amides is 3. The maximum Gasteiger partial charge on any atom is 0.251 e. The molecule has 0 spiro atoms. The lowest BCUT2D eigenvalue weighted by Gasteiger charge is -2.23. The summed E-state index contributed by atoms with van der Waals surface area (Å²) in [6, 6.07) is 5.72. The fourth-order valence-electron chi connectivity index (χ4n) is 4.10. The van der Waals surface area contributed by atoms with Crippen molar-refractivity contribution in [3.05, 3.63) is 29.3 Å². The number of hydrogen-bond acceptors (Lipinski definition) is 3. The summed E-state index contributed by atoms with van der Waals surface area (Å²) in [5.41, 5.74) is 2.15. The monoisotopic (exact) mass is 385 g/mol. The fraction of sp³-hybridized carbons (Fsp3) is 0.591. The number of carbonyl (C=O) groups excluding carboxylic acids is 3. The number of likely N-dealkylation sites (tertiary alicyclic amines) is 1. The van der Waals surface area contributed by atoms with Crippen LogP contribution in [0.3, 0.4) is 0 Å². The molecule has 1 saturated carbocycles. The highest BCUT2D eigenvalue weighted by Gasteiger charge is 2.35. The highest BCUT2D eigenvalue weighted by Crippen LogP contribution is 2.24. The van der Waals surface area contributed by atoms with Gasteiger partial charge in [-0.1, -0.05) is 19.3 Å². The van der Waals surface area contributed by atoms with Crippen LogP contribution in [0.2, 0.25) is 0 Å². The Hall–Kier alpha value is -2.37. The van der Waals surface area contributed by atoms with Gasteiger partial charge >= 0.3 is 0 Å². The van der Waals surface area contributed by atoms with E-state index >= 15 is 0 Å². The Labute approximate surface area is 167 Å². The topological polar surface area (TPSA) is 78.5 Å². The van der Waals surface area contributed by atoms with Crippen molar-refractivity contribution >= 4 is 23.4 Å². The Kier molecular flexibility index (Phi) is 6.37. The van der Waals surface area contributed by atoms with Crippen molar-refractivity contribution < 1.29 is 14.4 Å². The quantitative estimate of drug-likeness (QED) is 0.817. The predicted octanol–water partition coefficient (Wildman–Crippen LogP) is 3.25. The molecule has 1 aromatic rings. The Morgan fingerprint density at radius 3 is 2.46 bits per heavy atom. The lowest BCUT2D eigenvalue weighted by Crippen LogP contribution is -2.36. The summed E-state index contributed by atoms with van der Waals surface area (Å²) in [7, 11) is 0. The maximum atomic E-state index is 12.6. The third-order valence-electron chi connectivity index (χ3n) is 5.84. The van der Waals surface area contributed by atoms with Gasteiger partial charge in [0, 0.05) is 36.3 Å². The average molecular weight is 386 g/mol. The molecule has 1 saturated heterocycles. The smallest absolute Gasteiger partial charge is 0.251 e. The average Bonchev–Trinajstić information content (AvgIpc) is 3.06. The summed E-state index contributed by atoms with van der Waals surface area (Å²) in [6.45, 7) is 6.26. The van der Waals surface area contributed by atoms with E-state index in [2.05, 4.69) is 10.6 Å². The molecule has 6 nitrogen and oxygen atoms in total. The van der Waals surface area contributed by atoms with Gasteiger partial charge in [-0.25, -0.2) is 0 Å². The van der Waals surface area contributed by atoms with E-state index in [4.69, 9.17) is 0 Å². The van der Waals surface area contributed by atoms with Gasteiger partial charge in [0.1, 0.15) is 0 Å². The lowest BCUT2D eigenvalue weighted by molar-refractivity contribution is -0.129. The molecule has 2 fully saturated rings. The highest BCUT2D eigenvalue weighted by atomic mass is 16.2. The number of nitrogens with zero attached hydrogens (tertiary/aromatic N) is 1. The number of rotatable bonds is 5.